The number of hydrogen-bond acceptors (Lipinski definition) is 5. The van der Waals surface area contributed by atoms with Crippen LogP contribution < -0.4 is 10.1 Å². The van der Waals surface area contributed by atoms with E-state index in [9.17, 15) is 14.0 Å². The molecule has 0 aliphatic heterocycles. The maximum Gasteiger partial charge on any atom is 0.338 e. The Hall–Kier alpha value is -3.16. The second kappa shape index (κ2) is 11.8. The zero-order valence-electron chi connectivity index (χ0n) is 18.6. The zero-order chi connectivity index (χ0) is 24.7. The lowest BCUT2D eigenvalue weighted by molar-refractivity contribution is 0.0499. The molecule has 1 aromatic heterocycles. The first-order chi connectivity index (χ1) is 16.3. The summed E-state index contributed by atoms with van der Waals surface area (Å²) in [7, 11) is 0. The summed E-state index contributed by atoms with van der Waals surface area (Å²) in [6.45, 7) is 4.19. The molecule has 0 fully saturated rings. The highest BCUT2D eigenvalue weighted by Crippen LogP contribution is 2.28. The van der Waals surface area contributed by atoms with Crippen LogP contribution in [0, 0.1) is 5.82 Å². The molecule has 0 aliphatic carbocycles. The van der Waals surface area contributed by atoms with Crippen LogP contribution in [0.3, 0.4) is 0 Å². The summed E-state index contributed by atoms with van der Waals surface area (Å²) in [6, 6.07) is 11.7. The number of ether oxygens (including phenoxy) is 2. The lowest BCUT2D eigenvalue weighted by Gasteiger charge is -2.16. The van der Waals surface area contributed by atoms with E-state index in [1.165, 1.54) is 24.4 Å². The number of rotatable bonds is 9. The van der Waals surface area contributed by atoms with Crippen molar-refractivity contribution in [2.24, 2.45) is 0 Å². The topological polar surface area (TPSA) is 77.5 Å². The number of halogens is 3. The first-order valence-electron chi connectivity index (χ1n) is 10.6. The van der Waals surface area contributed by atoms with Gasteiger partial charge in [-0.05, 0) is 49.2 Å². The molecule has 1 heterocycles. The third-order valence-corrected chi connectivity index (χ3v) is 5.41. The smallest absolute Gasteiger partial charge is 0.338 e. The summed E-state index contributed by atoms with van der Waals surface area (Å²) in [4.78, 5) is 29.1. The zero-order valence-corrected chi connectivity index (χ0v) is 20.1. The van der Waals surface area contributed by atoms with Gasteiger partial charge in [0.25, 0.3) is 5.91 Å². The number of carbonyl (C=O) groups is 2. The van der Waals surface area contributed by atoms with Crippen molar-refractivity contribution < 1.29 is 23.5 Å². The number of benzene rings is 2. The van der Waals surface area contributed by atoms with Crippen LogP contribution in [0.15, 0.2) is 54.7 Å². The van der Waals surface area contributed by atoms with Gasteiger partial charge in [0.1, 0.15) is 17.1 Å². The molecular formula is C25H23Cl2FN2O4. The molecule has 9 heteroatoms. The van der Waals surface area contributed by atoms with Crippen molar-refractivity contribution in [2.45, 2.75) is 32.7 Å². The van der Waals surface area contributed by atoms with Crippen molar-refractivity contribution in [3.05, 3.63) is 87.3 Å². The molecule has 0 bridgehead atoms. The van der Waals surface area contributed by atoms with Crippen LogP contribution >= 0.6 is 23.2 Å². The lowest BCUT2D eigenvalue weighted by atomic mass is 10.1. The number of aromatic nitrogens is 1. The van der Waals surface area contributed by atoms with Crippen LogP contribution in [-0.4, -0.2) is 23.5 Å². The minimum absolute atomic E-state index is 0.0407. The van der Waals surface area contributed by atoms with Crippen LogP contribution in [-0.2, 0) is 4.74 Å². The Bertz CT molecular complexity index is 1170. The Balaban J connectivity index is 1.71. The van der Waals surface area contributed by atoms with Crippen molar-refractivity contribution in [2.75, 3.05) is 6.61 Å². The van der Waals surface area contributed by atoms with E-state index in [1.54, 1.807) is 31.2 Å². The van der Waals surface area contributed by atoms with E-state index >= 15 is 0 Å². The fourth-order valence-electron chi connectivity index (χ4n) is 2.98. The fraction of sp³-hybridized carbons (Fsp3) is 0.240. The van der Waals surface area contributed by atoms with E-state index in [1.807, 2.05) is 6.92 Å². The predicted molar refractivity (Wildman–Crippen MR) is 128 cm³/mol. The number of pyridine rings is 1. The van der Waals surface area contributed by atoms with Gasteiger partial charge in [0.2, 0.25) is 5.88 Å². The van der Waals surface area contributed by atoms with Gasteiger partial charge in [-0.25, -0.2) is 14.2 Å². The number of nitrogens with zero attached hydrogens (tertiary/aromatic N) is 1. The van der Waals surface area contributed by atoms with Crippen LogP contribution in [0.2, 0.25) is 10.0 Å². The molecule has 34 heavy (non-hydrogen) atoms. The molecule has 0 aliphatic rings. The number of esters is 1. The number of nitrogens with one attached hydrogen (secondary N) is 1. The molecule has 1 N–H and O–H groups in total. The minimum Gasteiger partial charge on any atom is -0.462 e. The van der Waals surface area contributed by atoms with E-state index < -0.39 is 17.8 Å². The highest BCUT2D eigenvalue weighted by Gasteiger charge is 2.19. The molecular weight excluding hydrogens is 482 g/mol. The Labute approximate surface area is 207 Å². The van der Waals surface area contributed by atoms with Gasteiger partial charge < -0.3 is 14.8 Å². The van der Waals surface area contributed by atoms with Gasteiger partial charge in [-0.3, -0.25) is 4.79 Å². The largest absolute Gasteiger partial charge is 0.462 e. The Morgan fingerprint density at radius 2 is 1.85 bits per heavy atom. The number of carbonyl (C=O) groups excluding carboxylic acids is 2. The molecule has 3 aromatic rings. The molecule has 0 spiro atoms. The molecule has 0 unspecified atom stereocenters. The van der Waals surface area contributed by atoms with Gasteiger partial charge in [-0.15, -0.1) is 0 Å². The maximum absolute atomic E-state index is 13.8. The van der Waals surface area contributed by atoms with E-state index in [0.29, 0.717) is 12.2 Å². The third kappa shape index (κ3) is 6.68. The highest BCUT2D eigenvalue weighted by atomic mass is 35.5. The van der Waals surface area contributed by atoms with E-state index in [2.05, 4.69) is 10.3 Å². The predicted octanol–water partition coefficient (Wildman–Crippen LogP) is 6.77. The normalized spacial score (nSPS) is 11.6. The molecule has 0 radical (unpaired) electrons. The molecule has 178 valence electrons. The van der Waals surface area contributed by atoms with Crippen molar-refractivity contribution in [3.8, 4) is 11.6 Å². The molecule has 1 amide bonds. The Morgan fingerprint density at radius 3 is 2.53 bits per heavy atom. The Morgan fingerprint density at radius 1 is 1.12 bits per heavy atom. The summed E-state index contributed by atoms with van der Waals surface area (Å²) >= 11 is 11.7. The molecule has 3 rings (SSSR count). The molecule has 1 atom stereocenters. The third-order valence-electron chi connectivity index (χ3n) is 4.89. The van der Waals surface area contributed by atoms with Crippen LogP contribution in [0.1, 0.15) is 59.0 Å². The standard InChI is InChI=1S/C25H23Cl2FN2O4/c1-3-4-11-33-25(32)17-7-5-16(6-8-17)15(2)30-23(31)20-12-18(26)14-29-24(20)34-19-9-10-21(27)22(28)13-19/h5-10,12-15H,3-4,11H2,1-2H3,(H,30,31)/t15-/m0/s1. The minimum atomic E-state index is -0.662. The van der Waals surface area contributed by atoms with Gasteiger partial charge in [0, 0.05) is 12.3 Å². The van der Waals surface area contributed by atoms with E-state index in [-0.39, 0.29) is 33.2 Å². The first-order valence-corrected chi connectivity index (χ1v) is 11.4. The maximum atomic E-state index is 13.8. The van der Waals surface area contributed by atoms with Gasteiger partial charge in [-0.2, -0.15) is 0 Å². The highest BCUT2D eigenvalue weighted by molar-refractivity contribution is 6.31. The van der Waals surface area contributed by atoms with Crippen LogP contribution in [0.25, 0.3) is 0 Å². The number of amides is 1. The van der Waals surface area contributed by atoms with Crippen molar-refractivity contribution in [1.82, 2.24) is 10.3 Å². The van der Waals surface area contributed by atoms with Crippen LogP contribution in [0.5, 0.6) is 11.6 Å². The summed E-state index contributed by atoms with van der Waals surface area (Å²) in [5, 5.41) is 3.03. The van der Waals surface area contributed by atoms with E-state index in [4.69, 9.17) is 32.7 Å². The number of unbranched alkanes of at least 4 members (excludes halogenated alkanes) is 1. The van der Waals surface area contributed by atoms with Crippen molar-refractivity contribution in [3.63, 3.8) is 0 Å². The number of hydrogen-bond donors (Lipinski definition) is 1. The molecule has 0 saturated carbocycles. The van der Waals surface area contributed by atoms with Crippen LogP contribution in [0.4, 0.5) is 4.39 Å². The van der Waals surface area contributed by atoms with E-state index in [0.717, 1.165) is 24.5 Å². The van der Waals surface area contributed by atoms with Gasteiger partial charge in [0.15, 0.2) is 0 Å². The monoisotopic (exact) mass is 504 g/mol. The molecule has 6 nitrogen and oxygen atoms in total. The van der Waals surface area contributed by atoms with Crippen molar-refractivity contribution in [1.29, 1.82) is 0 Å². The fourth-order valence-corrected chi connectivity index (χ4v) is 3.26. The first kappa shape index (κ1) is 25.5. The SMILES string of the molecule is CCCCOC(=O)c1ccc([C@H](C)NC(=O)c2cc(Cl)cnc2Oc2ccc(Cl)c(F)c2)cc1. The van der Waals surface area contributed by atoms with Gasteiger partial charge in [0.05, 0.1) is 28.3 Å². The second-order valence-corrected chi connectivity index (χ2v) is 8.33. The quantitative estimate of drug-likeness (QED) is 0.257. The lowest BCUT2D eigenvalue weighted by Crippen LogP contribution is -2.27. The average Bonchev–Trinajstić information content (AvgIpc) is 2.82. The molecule has 0 saturated heterocycles. The van der Waals surface area contributed by atoms with Gasteiger partial charge >= 0.3 is 5.97 Å². The summed E-state index contributed by atoms with van der Waals surface area (Å²) in [5.74, 6) is -1.45. The Kier molecular flexibility index (Phi) is 8.85. The summed E-state index contributed by atoms with van der Waals surface area (Å²) in [6.07, 6.45) is 3.07. The molecule has 2 aromatic carbocycles. The summed E-state index contributed by atoms with van der Waals surface area (Å²) < 4.78 is 24.6. The average molecular weight is 505 g/mol. The summed E-state index contributed by atoms with van der Waals surface area (Å²) in [5.41, 5.74) is 1.28. The second-order valence-electron chi connectivity index (χ2n) is 7.49. The van der Waals surface area contributed by atoms with Crippen molar-refractivity contribution >= 4 is 35.1 Å². The van der Waals surface area contributed by atoms with Gasteiger partial charge in [-0.1, -0.05) is 48.7 Å².